The van der Waals surface area contributed by atoms with Gasteiger partial charge in [0, 0.05) is 35.6 Å². The molecular weight excluding hydrogens is 408 g/mol. The van der Waals surface area contributed by atoms with Crippen molar-refractivity contribution in [2.24, 2.45) is 0 Å². The van der Waals surface area contributed by atoms with E-state index in [0.717, 1.165) is 53.8 Å². The number of rotatable bonds is 4. The van der Waals surface area contributed by atoms with Gasteiger partial charge in [-0.15, -0.1) is 12.4 Å². The number of pyridine rings is 2. The molecule has 3 heterocycles. The third-order valence-corrected chi connectivity index (χ3v) is 6.11. The molecule has 1 amide bonds. The molecule has 0 saturated carbocycles. The zero-order chi connectivity index (χ0) is 21.3. The van der Waals surface area contributed by atoms with Gasteiger partial charge in [-0.2, -0.15) is 0 Å². The van der Waals surface area contributed by atoms with Crippen molar-refractivity contribution < 1.29 is 4.79 Å². The number of carbonyl (C=O) groups excluding carboxylic acids is 1. The average Bonchev–Trinajstić information content (AvgIpc) is 2.75. The predicted octanol–water partition coefficient (Wildman–Crippen LogP) is 6.13. The Morgan fingerprint density at radius 2 is 1.97 bits per heavy atom. The van der Waals surface area contributed by atoms with Crippen LogP contribution in [0.3, 0.4) is 0 Å². The van der Waals surface area contributed by atoms with Gasteiger partial charge in [0.1, 0.15) is 0 Å². The second-order valence-corrected chi connectivity index (χ2v) is 8.37. The number of carbonyl (C=O) groups is 1. The summed E-state index contributed by atoms with van der Waals surface area (Å²) in [6, 6.07) is 10.6. The Morgan fingerprint density at radius 3 is 2.74 bits per heavy atom. The summed E-state index contributed by atoms with van der Waals surface area (Å²) in [6.07, 6.45) is 6.00. The Bertz CT molecular complexity index is 1100. The summed E-state index contributed by atoms with van der Waals surface area (Å²) in [5.41, 5.74) is 6.29. The number of piperidine rings is 1. The topological polar surface area (TPSA) is 58.1 Å². The van der Waals surface area contributed by atoms with Gasteiger partial charge in [0.2, 0.25) is 0 Å². The van der Waals surface area contributed by atoms with E-state index in [0.29, 0.717) is 17.3 Å². The minimum absolute atomic E-state index is 0. The van der Waals surface area contributed by atoms with Crippen LogP contribution < -0.4 is 5.32 Å². The first-order valence-corrected chi connectivity index (χ1v) is 10.9. The number of hydrogen-bond donors (Lipinski definition) is 1. The monoisotopic (exact) mass is 438 g/mol. The van der Waals surface area contributed by atoms with Gasteiger partial charge in [0.15, 0.2) is 5.65 Å². The van der Waals surface area contributed by atoms with Crippen LogP contribution in [0, 0.1) is 20.8 Å². The second kappa shape index (κ2) is 9.65. The molecule has 0 radical (unpaired) electrons. The van der Waals surface area contributed by atoms with E-state index < -0.39 is 0 Å². The Kier molecular flexibility index (Phi) is 7.16. The third kappa shape index (κ3) is 4.67. The average molecular weight is 439 g/mol. The van der Waals surface area contributed by atoms with E-state index in [1.54, 1.807) is 6.20 Å². The van der Waals surface area contributed by atoms with Crippen LogP contribution in [0.2, 0.25) is 0 Å². The van der Waals surface area contributed by atoms with Gasteiger partial charge in [0.05, 0.1) is 11.3 Å². The molecule has 1 N–H and O–H groups in total. The number of likely N-dealkylation sites (tertiary alicyclic amines) is 1. The molecule has 0 spiro atoms. The number of amides is 1. The lowest BCUT2D eigenvalue weighted by Gasteiger charge is -2.35. The number of nitrogens with one attached hydrogen (secondary N) is 1. The Morgan fingerprint density at radius 1 is 1.16 bits per heavy atom. The van der Waals surface area contributed by atoms with E-state index in [2.05, 4.69) is 54.3 Å². The van der Waals surface area contributed by atoms with Crippen molar-refractivity contribution in [2.45, 2.75) is 59.4 Å². The molecule has 3 aromatic rings. The first kappa shape index (κ1) is 23.0. The van der Waals surface area contributed by atoms with E-state index >= 15 is 0 Å². The van der Waals surface area contributed by atoms with Gasteiger partial charge in [-0.3, -0.25) is 4.79 Å². The normalized spacial score (nSPS) is 16.1. The third-order valence-electron chi connectivity index (χ3n) is 6.11. The van der Waals surface area contributed by atoms with Gasteiger partial charge < -0.3 is 10.2 Å². The molecule has 0 aliphatic carbocycles. The Hall–Kier alpha value is -2.66. The minimum atomic E-state index is 0. The highest BCUT2D eigenvalue weighted by atomic mass is 35.5. The fourth-order valence-corrected chi connectivity index (χ4v) is 4.32. The zero-order valence-electron chi connectivity index (χ0n) is 18.7. The molecule has 5 nitrogen and oxygen atoms in total. The molecule has 164 valence electrons. The van der Waals surface area contributed by atoms with Crippen LogP contribution in [0.1, 0.15) is 59.8 Å². The molecule has 1 saturated heterocycles. The molecule has 2 aromatic heterocycles. The van der Waals surface area contributed by atoms with Crippen molar-refractivity contribution in [1.29, 1.82) is 0 Å². The summed E-state index contributed by atoms with van der Waals surface area (Å²) in [6.45, 7) is 9.08. The number of nitrogens with zero attached hydrogens (tertiary/aromatic N) is 3. The lowest BCUT2D eigenvalue weighted by Crippen LogP contribution is -2.43. The molecule has 1 aromatic carbocycles. The maximum absolute atomic E-state index is 13.7. The quantitative estimate of drug-likeness (QED) is 0.532. The smallest absolute Gasteiger partial charge is 0.257 e. The van der Waals surface area contributed by atoms with E-state index in [1.165, 1.54) is 12.0 Å². The van der Waals surface area contributed by atoms with Crippen molar-refractivity contribution >= 4 is 40.7 Å². The lowest BCUT2D eigenvalue weighted by atomic mass is 9.98. The van der Waals surface area contributed by atoms with Crippen LogP contribution in [0.5, 0.6) is 0 Å². The molecule has 0 bridgehead atoms. The summed E-state index contributed by atoms with van der Waals surface area (Å²) in [7, 11) is 0. The second-order valence-electron chi connectivity index (χ2n) is 8.37. The predicted molar refractivity (Wildman–Crippen MR) is 130 cm³/mol. The van der Waals surface area contributed by atoms with Crippen molar-refractivity contribution in [3.8, 4) is 0 Å². The van der Waals surface area contributed by atoms with Crippen molar-refractivity contribution in [2.75, 3.05) is 11.9 Å². The standard InChI is InChI=1S/C25H30N4O.ClH/c1-5-19-8-6-7-13-29(19)25(30)21-15-26-24-20(12-11-18(4)27-24)23(21)28-22-14-16(2)9-10-17(22)3;/h9-12,14-15,19H,5-8,13H2,1-4H3,(H,26,27,28);1H. The number of benzene rings is 1. The number of halogens is 1. The van der Waals surface area contributed by atoms with E-state index in [-0.39, 0.29) is 18.3 Å². The van der Waals surface area contributed by atoms with Crippen molar-refractivity contribution in [3.05, 3.63) is 58.9 Å². The fraction of sp³-hybridized carbons (Fsp3) is 0.400. The van der Waals surface area contributed by atoms with Crippen molar-refractivity contribution in [3.63, 3.8) is 0 Å². The number of fused-ring (bicyclic) bond motifs is 1. The molecule has 6 heteroatoms. The molecule has 4 rings (SSSR count). The molecule has 31 heavy (non-hydrogen) atoms. The highest BCUT2D eigenvalue weighted by Gasteiger charge is 2.29. The highest BCUT2D eigenvalue weighted by Crippen LogP contribution is 2.32. The summed E-state index contributed by atoms with van der Waals surface area (Å²) >= 11 is 0. The molecule has 1 fully saturated rings. The minimum Gasteiger partial charge on any atom is -0.354 e. The molecule has 1 unspecified atom stereocenters. The van der Waals surface area contributed by atoms with Gasteiger partial charge in [-0.1, -0.05) is 19.1 Å². The van der Waals surface area contributed by atoms with Crippen LogP contribution in [0.4, 0.5) is 11.4 Å². The number of aryl methyl sites for hydroxylation is 3. The summed E-state index contributed by atoms with van der Waals surface area (Å²) in [4.78, 5) is 24.9. The van der Waals surface area contributed by atoms with Gasteiger partial charge in [-0.25, -0.2) is 9.97 Å². The number of anilines is 2. The van der Waals surface area contributed by atoms with Gasteiger partial charge >= 0.3 is 0 Å². The van der Waals surface area contributed by atoms with Crippen LogP contribution >= 0.6 is 12.4 Å². The van der Waals surface area contributed by atoms with E-state index in [1.807, 2.05) is 24.0 Å². The van der Waals surface area contributed by atoms with Crippen LogP contribution in [-0.4, -0.2) is 33.4 Å². The number of aromatic nitrogens is 2. The largest absolute Gasteiger partial charge is 0.354 e. The van der Waals surface area contributed by atoms with E-state index in [4.69, 9.17) is 0 Å². The summed E-state index contributed by atoms with van der Waals surface area (Å²) in [5.74, 6) is 0.0596. The zero-order valence-corrected chi connectivity index (χ0v) is 19.6. The van der Waals surface area contributed by atoms with Crippen LogP contribution in [-0.2, 0) is 0 Å². The van der Waals surface area contributed by atoms with Gasteiger partial charge in [-0.05, 0) is 75.8 Å². The molecule has 1 aliphatic heterocycles. The molecule has 1 aliphatic rings. The summed E-state index contributed by atoms with van der Waals surface area (Å²) in [5, 5.41) is 4.44. The highest BCUT2D eigenvalue weighted by molar-refractivity contribution is 6.07. The Balaban J connectivity index is 0.00000272. The first-order chi connectivity index (χ1) is 14.5. The Labute approximate surface area is 190 Å². The molecule has 1 atom stereocenters. The van der Waals surface area contributed by atoms with Crippen LogP contribution in [0.15, 0.2) is 36.5 Å². The maximum Gasteiger partial charge on any atom is 0.257 e. The molecular formula is C25H31ClN4O. The SMILES string of the molecule is CCC1CCCCN1C(=O)c1cnc2nc(C)ccc2c1Nc1cc(C)ccc1C.Cl. The van der Waals surface area contributed by atoms with Gasteiger partial charge in [0.25, 0.3) is 5.91 Å². The van der Waals surface area contributed by atoms with Crippen molar-refractivity contribution in [1.82, 2.24) is 14.9 Å². The van der Waals surface area contributed by atoms with Crippen LogP contribution in [0.25, 0.3) is 11.0 Å². The fourth-order valence-electron chi connectivity index (χ4n) is 4.32. The first-order valence-electron chi connectivity index (χ1n) is 10.9. The maximum atomic E-state index is 13.7. The number of hydrogen-bond acceptors (Lipinski definition) is 4. The van der Waals surface area contributed by atoms with E-state index in [9.17, 15) is 4.79 Å². The summed E-state index contributed by atoms with van der Waals surface area (Å²) < 4.78 is 0. The lowest BCUT2D eigenvalue weighted by molar-refractivity contribution is 0.0609.